The molecule has 2 atom stereocenters. The number of aliphatic hydroxyl groups excluding tert-OH is 1. The summed E-state index contributed by atoms with van der Waals surface area (Å²) in [4.78, 5) is 16.8. The molecule has 0 saturated carbocycles. The maximum Gasteiger partial charge on any atom is 0.230 e. The third-order valence-electron chi connectivity index (χ3n) is 5.16. The number of amides is 1. The van der Waals surface area contributed by atoms with Gasteiger partial charge in [-0.3, -0.25) is 9.79 Å². The second-order valence-electron chi connectivity index (χ2n) is 7.81. The number of aliphatic imine (C=N–C) groups is 1. The number of hydrogen-bond acceptors (Lipinski definition) is 6. The smallest absolute Gasteiger partial charge is 0.230 e. The number of carbonyl (C=O) groups is 1. The molecule has 1 aliphatic rings. The van der Waals surface area contributed by atoms with Crippen molar-refractivity contribution >= 4 is 33.8 Å². The fraction of sp³-hybridized carbons (Fsp3) is 0.417. The number of halogens is 2. The Bertz CT molecular complexity index is 954. The van der Waals surface area contributed by atoms with Gasteiger partial charge in [0.15, 0.2) is 0 Å². The van der Waals surface area contributed by atoms with Crippen LogP contribution in [-0.2, 0) is 24.2 Å². The monoisotopic (exact) mass is 493 g/mol. The van der Waals surface area contributed by atoms with E-state index in [1.165, 1.54) is 29.5 Å². The number of carbonyl (C=O) groups excluding carboxylic acids is 1. The second kappa shape index (κ2) is 13.1. The molecule has 5 nitrogen and oxygen atoms in total. The van der Waals surface area contributed by atoms with Crippen molar-refractivity contribution in [3.8, 4) is 0 Å². The minimum atomic E-state index is -0.946. The number of nitrogens with one attached hydrogen (secondary N) is 2. The second-order valence-corrected chi connectivity index (χ2v) is 10.1. The van der Waals surface area contributed by atoms with Crippen LogP contribution in [0.3, 0.4) is 0 Å². The average molecular weight is 494 g/mol. The highest BCUT2D eigenvalue weighted by Gasteiger charge is 2.23. The van der Waals surface area contributed by atoms with Gasteiger partial charge in [0.25, 0.3) is 0 Å². The predicted octanol–water partition coefficient (Wildman–Crippen LogP) is 3.54. The van der Waals surface area contributed by atoms with Gasteiger partial charge in [-0.2, -0.15) is 0 Å². The number of benzene rings is 2. The van der Waals surface area contributed by atoms with Crippen molar-refractivity contribution in [2.75, 3.05) is 24.6 Å². The Hall–Kier alpha value is -1.94. The van der Waals surface area contributed by atoms with Gasteiger partial charge in [0.05, 0.1) is 24.4 Å². The summed E-state index contributed by atoms with van der Waals surface area (Å²) < 4.78 is 28.2. The summed E-state index contributed by atoms with van der Waals surface area (Å²) >= 11 is 2.98. The molecular weight excluding hydrogens is 464 g/mol. The summed E-state index contributed by atoms with van der Waals surface area (Å²) in [5.41, 5.74) is 2.70. The summed E-state index contributed by atoms with van der Waals surface area (Å²) in [6.45, 7) is 3.63. The Labute approximate surface area is 201 Å². The molecule has 0 saturated heterocycles. The predicted molar refractivity (Wildman–Crippen MR) is 133 cm³/mol. The molecule has 1 heterocycles. The van der Waals surface area contributed by atoms with E-state index in [0.717, 1.165) is 34.7 Å². The van der Waals surface area contributed by atoms with Crippen LogP contribution in [0.4, 0.5) is 8.78 Å². The molecule has 3 rings (SSSR count). The van der Waals surface area contributed by atoms with E-state index in [0.29, 0.717) is 12.1 Å². The van der Waals surface area contributed by atoms with Gasteiger partial charge in [0.1, 0.15) is 16.0 Å². The molecule has 0 spiro atoms. The fourth-order valence-corrected chi connectivity index (χ4v) is 5.33. The van der Waals surface area contributed by atoms with Crippen molar-refractivity contribution in [2.24, 2.45) is 4.99 Å². The van der Waals surface area contributed by atoms with E-state index in [1.807, 2.05) is 12.1 Å². The Morgan fingerprint density at radius 3 is 2.64 bits per heavy atom. The average Bonchev–Trinajstić information content (AvgIpc) is 3.30. The van der Waals surface area contributed by atoms with Crippen LogP contribution < -0.4 is 10.6 Å². The van der Waals surface area contributed by atoms with Crippen LogP contribution in [0.1, 0.15) is 23.6 Å². The maximum atomic E-state index is 13.7. The van der Waals surface area contributed by atoms with E-state index in [4.69, 9.17) is 0 Å². The number of aliphatic hydroxyl groups is 1. The molecule has 0 radical (unpaired) electrons. The van der Waals surface area contributed by atoms with E-state index in [9.17, 15) is 18.7 Å². The lowest BCUT2D eigenvalue weighted by molar-refractivity contribution is -0.120. The molecule has 0 unspecified atom stereocenters. The zero-order valence-electron chi connectivity index (χ0n) is 18.5. The van der Waals surface area contributed by atoms with Gasteiger partial charge in [-0.15, -0.1) is 0 Å². The Morgan fingerprint density at radius 2 is 1.94 bits per heavy atom. The van der Waals surface area contributed by atoms with Gasteiger partial charge in [-0.25, -0.2) is 8.78 Å². The highest BCUT2D eigenvalue weighted by molar-refractivity contribution is 8.39. The number of thioether (sulfide) groups is 2. The van der Waals surface area contributed by atoms with Crippen molar-refractivity contribution in [2.45, 2.75) is 38.5 Å². The van der Waals surface area contributed by atoms with Gasteiger partial charge < -0.3 is 15.7 Å². The van der Waals surface area contributed by atoms with E-state index < -0.39 is 23.8 Å². The molecule has 178 valence electrons. The molecule has 2 aromatic carbocycles. The van der Waals surface area contributed by atoms with Crippen molar-refractivity contribution in [1.82, 2.24) is 10.6 Å². The number of rotatable bonds is 11. The quantitative estimate of drug-likeness (QED) is 0.447. The minimum Gasteiger partial charge on any atom is -0.390 e. The number of hydrogen-bond donors (Lipinski definition) is 3. The van der Waals surface area contributed by atoms with Crippen LogP contribution in [-0.4, -0.2) is 52.1 Å². The van der Waals surface area contributed by atoms with Crippen molar-refractivity contribution in [1.29, 1.82) is 0 Å². The summed E-state index contributed by atoms with van der Waals surface area (Å²) in [7, 11) is 0. The summed E-state index contributed by atoms with van der Waals surface area (Å²) in [5, 5.41) is 16.9. The first-order valence-electron chi connectivity index (χ1n) is 10.9. The van der Waals surface area contributed by atoms with Crippen LogP contribution in [0.2, 0.25) is 0 Å². The third-order valence-corrected chi connectivity index (χ3v) is 7.41. The molecule has 0 fully saturated rings. The zero-order chi connectivity index (χ0) is 23.6. The lowest BCUT2D eigenvalue weighted by Gasteiger charge is -2.25. The van der Waals surface area contributed by atoms with Crippen LogP contribution >= 0.6 is 23.5 Å². The molecule has 33 heavy (non-hydrogen) atoms. The molecule has 0 bridgehead atoms. The van der Waals surface area contributed by atoms with Crippen LogP contribution in [0.15, 0.2) is 47.5 Å². The highest BCUT2D eigenvalue weighted by atomic mass is 32.2. The molecule has 9 heteroatoms. The topological polar surface area (TPSA) is 73.7 Å². The summed E-state index contributed by atoms with van der Waals surface area (Å²) in [6.07, 6.45) is 0.102. The van der Waals surface area contributed by atoms with Gasteiger partial charge in [-0.1, -0.05) is 54.7 Å². The van der Waals surface area contributed by atoms with Gasteiger partial charge in [0, 0.05) is 24.9 Å². The van der Waals surface area contributed by atoms with Crippen molar-refractivity contribution in [3.05, 3.63) is 70.8 Å². The van der Waals surface area contributed by atoms with Gasteiger partial charge in [0.2, 0.25) is 5.91 Å². The maximum absolute atomic E-state index is 13.7. The van der Waals surface area contributed by atoms with Crippen LogP contribution in [0, 0.1) is 11.6 Å². The molecule has 0 aliphatic carbocycles. The molecular formula is C24H29F2N3O2S2. The van der Waals surface area contributed by atoms with Crippen molar-refractivity contribution < 1.29 is 18.7 Å². The van der Waals surface area contributed by atoms with Crippen molar-refractivity contribution in [3.63, 3.8) is 0 Å². The van der Waals surface area contributed by atoms with Gasteiger partial charge in [-0.05, 0) is 41.7 Å². The Morgan fingerprint density at radius 1 is 1.18 bits per heavy atom. The molecule has 1 amide bonds. The summed E-state index contributed by atoms with van der Waals surface area (Å²) in [6, 6.07) is 10.7. The first-order chi connectivity index (χ1) is 15.9. The van der Waals surface area contributed by atoms with E-state index in [2.05, 4.69) is 34.7 Å². The highest BCUT2D eigenvalue weighted by Crippen LogP contribution is 2.22. The van der Waals surface area contributed by atoms with E-state index in [1.54, 1.807) is 11.8 Å². The lowest BCUT2D eigenvalue weighted by atomic mass is 10.0. The molecule has 3 N–H and O–H groups in total. The van der Waals surface area contributed by atoms with Gasteiger partial charge >= 0.3 is 0 Å². The first-order valence-corrected chi connectivity index (χ1v) is 12.9. The van der Waals surface area contributed by atoms with E-state index in [-0.39, 0.29) is 24.6 Å². The number of nitrogens with zero attached hydrogens (tertiary/aromatic N) is 1. The Kier molecular flexibility index (Phi) is 10.2. The Balaban J connectivity index is 1.60. The molecule has 2 aromatic rings. The number of aryl methyl sites for hydroxylation is 1. The van der Waals surface area contributed by atoms with Crippen LogP contribution in [0.5, 0.6) is 0 Å². The van der Waals surface area contributed by atoms with Crippen LogP contribution in [0.25, 0.3) is 0 Å². The standard InChI is InChI=1S/C24H29F2N3O2S2/c1-2-16-4-3-5-17(8-16)13-27-14-22(30)21(11-18-9-19(25)12-20(26)10-18)29-23(31)15-33-24-28-6-7-32-24/h3-5,8-10,12,21-22,27,30H,2,6-7,11,13-15H2,1H3,(H,29,31)/t21-,22-/m0/s1. The van der Waals surface area contributed by atoms with E-state index >= 15 is 0 Å². The largest absolute Gasteiger partial charge is 0.390 e. The summed E-state index contributed by atoms with van der Waals surface area (Å²) in [5.74, 6) is -0.546. The lowest BCUT2D eigenvalue weighted by Crippen LogP contribution is -2.49. The SMILES string of the molecule is CCc1cccc(CNC[C@H](O)[C@H](Cc2cc(F)cc(F)c2)NC(=O)CSC2=NCCS2)c1. The molecule has 0 aromatic heterocycles. The minimum absolute atomic E-state index is 0.106. The fourth-order valence-electron chi connectivity index (χ4n) is 3.51. The normalized spacial score (nSPS) is 15.2. The first kappa shape index (κ1) is 25.7. The third kappa shape index (κ3) is 8.73. The zero-order valence-corrected chi connectivity index (χ0v) is 20.2. The molecule has 1 aliphatic heterocycles.